The molecule has 0 fully saturated rings. The van der Waals surface area contributed by atoms with Gasteiger partial charge in [-0.2, -0.15) is 0 Å². The highest BCUT2D eigenvalue weighted by Gasteiger charge is 2.20. The largest absolute Gasteiger partial charge is 0.369 e. The van der Waals surface area contributed by atoms with E-state index in [2.05, 4.69) is 69.6 Å². The number of benzene rings is 1. The third-order valence-electron chi connectivity index (χ3n) is 3.48. The molecule has 0 N–H and O–H groups in total. The van der Waals surface area contributed by atoms with Crippen molar-refractivity contribution in [2.75, 3.05) is 11.4 Å². The lowest BCUT2D eigenvalue weighted by molar-refractivity contribution is 0.571. The number of fused-ring (bicyclic) bond motifs is 1. The molecule has 1 heterocycles. The summed E-state index contributed by atoms with van der Waals surface area (Å²) in [5.74, 6) is 6.76. The maximum Gasteiger partial charge on any atom is 0.0413 e. The summed E-state index contributed by atoms with van der Waals surface area (Å²) in [4.78, 5) is 2.50. The molecule has 0 saturated carbocycles. The van der Waals surface area contributed by atoms with Crippen molar-refractivity contribution in [2.24, 2.45) is 5.41 Å². The summed E-state index contributed by atoms with van der Waals surface area (Å²) < 4.78 is 0. The second kappa shape index (κ2) is 5.29. The third kappa shape index (κ3) is 3.32. The van der Waals surface area contributed by atoms with Crippen LogP contribution < -0.4 is 4.90 Å². The highest BCUT2D eigenvalue weighted by molar-refractivity contribution is 5.62. The molecule has 2 rings (SSSR count). The Bertz CT molecular complexity index is 509. The minimum atomic E-state index is 0.0646. The highest BCUT2D eigenvalue weighted by atomic mass is 15.2. The summed E-state index contributed by atoms with van der Waals surface area (Å²) in [5.41, 5.74) is 4.12. The van der Waals surface area contributed by atoms with Crippen LogP contribution in [0.15, 0.2) is 18.2 Å². The molecule has 0 saturated heterocycles. The lowest BCUT2D eigenvalue weighted by Gasteiger charge is -2.35. The van der Waals surface area contributed by atoms with Crippen LogP contribution in [0.4, 0.5) is 5.69 Å². The molecule has 0 aliphatic carbocycles. The average molecular weight is 255 g/mol. The van der Waals surface area contributed by atoms with Gasteiger partial charge in [0.15, 0.2) is 0 Å². The van der Waals surface area contributed by atoms with Crippen LogP contribution in [0.25, 0.3) is 0 Å². The second-order valence-corrected chi connectivity index (χ2v) is 6.69. The van der Waals surface area contributed by atoms with Crippen molar-refractivity contribution < 1.29 is 0 Å². The minimum Gasteiger partial charge on any atom is -0.369 e. The van der Waals surface area contributed by atoms with E-state index in [4.69, 9.17) is 0 Å². The molecule has 0 bridgehead atoms. The van der Waals surface area contributed by atoms with Gasteiger partial charge < -0.3 is 4.90 Å². The van der Waals surface area contributed by atoms with E-state index < -0.39 is 0 Å². The predicted molar refractivity (Wildman–Crippen MR) is 83.6 cm³/mol. The van der Waals surface area contributed by atoms with Gasteiger partial charge >= 0.3 is 0 Å². The Morgan fingerprint density at radius 1 is 1.21 bits per heavy atom. The van der Waals surface area contributed by atoms with Gasteiger partial charge in [-0.05, 0) is 65.2 Å². The first-order valence-electron chi connectivity index (χ1n) is 7.30. The van der Waals surface area contributed by atoms with E-state index in [0.29, 0.717) is 6.04 Å². The Kier molecular flexibility index (Phi) is 3.90. The lowest BCUT2D eigenvalue weighted by Crippen LogP contribution is -2.35. The van der Waals surface area contributed by atoms with Gasteiger partial charge in [-0.15, -0.1) is 0 Å². The van der Waals surface area contributed by atoms with Gasteiger partial charge in [-0.1, -0.05) is 17.9 Å². The minimum absolute atomic E-state index is 0.0646. The smallest absolute Gasteiger partial charge is 0.0413 e. The van der Waals surface area contributed by atoms with Crippen LogP contribution in [0.1, 0.15) is 52.2 Å². The van der Waals surface area contributed by atoms with E-state index in [-0.39, 0.29) is 5.41 Å². The highest BCUT2D eigenvalue weighted by Crippen LogP contribution is 2.31. The summed E-state index contributed by atoms with van der Waals surface area (Å²) in [6, 6.07) is 7.12. The molecule has 1 nitrogen and oxygen atoms in total. The van der Waals surface area contributed by atoms with Crippen LogP contribution in [-0.2, 0) is 6.42 Å². The summed E-state index contributed by atoms with van der Waals surface area (Å²) in [7, 11) is 0. The molecule has 0 amide bonds. The molecular weight excluding hydrogens is 230 g/mol. The fourth-order valence-corrected chi connectivity index (χ4v) is 2.56. The molecule has 0 radical (unpaired) electrons. The standard InChI is InChI=1S/C18H25N/c1-14(2)19-13-7-9-16-15(8-6-10-17(16)19)11-12-18(3,4)5/h6,8,10,14H,7,9,13H2,1-5H3. The van der Waals surface area contributed by atoms with Crippen LogP contribution in [0, 0.1) is 17.3 Å². The van der Waals surface area contributed by atoms with Crippen LogP contribution >= 0.6 is 0 Å². The zero-order valence-corrected chi connectivity index (χ0v) is 12.9. The van der Waals surface area contributed by atoms with Crippen molar-refractivity contribution in [3.8, 4) is 11.8 Å². The molecule has 19 heavy (non-hydrogen) atoms. The van der Waals surface area contributed by atoms with Crippen LogP contribution in [0.5, 0.6) is 0 Å². The second-order valence-electron chi connectivity index (χ2n) is 6.69. The molecule has 1 heteroatoms. The van der Waals surface area contributed by atoms with Gasteiger partial charge in [0.25, 0.3) is 0 Å². The van der Waals surface area contributed by atoms with E-state index >= 15 is 0 Å². The predicted octanol–water partition coefficient (Wildman–Crippen LogP) is 4.25. The summed E-state index contributed by atoms with van der Waals surface area (Å²) in [6.07, 6.45) is 2.40. The van der Waals surface area contributed by atoms with Crippen molar-refractivity contribution >= 4 is 5.69 Å². The van der Waals surface area contributed by atoms with Gasteiger partial charge in [0, 0.05) is 29.3 Å². The number of hydrogen-bond donors (Lipinski definition) is 0. The Balaban J connectivity index is 2.43. The molecule has 1 aromatic rings. The number of hydrogen-bond acceptors (Lipinski definition) is 1. The summed E-state index contributed by atoms with van der Waals surface area (Å²) >= 11 is 0. The van der Waals surface area contributed by atoms with E-state index in [9.17, 15) is 0 Å². The molecule has 0 unspecified atom stereocenters. The van der Waals surface area contributed by atoms with Gasteiger partial charge in [-0.3, -0.25) is 0 Å². The van der Waals surface area contributed by atoms with Crippen LogP contribution in [0.3, 0.4) is 0 Å². The number of rotatable bonds is 1. The summed E-state index contributed by atoms with van der Waals surface area (Å²) in [5, 5.41) is 0. The molecule has 0 atom stereocenters. The first kappa shape index (κ1) is 14.0. The lowest BCUT2D eigenvalue weighted by atomic mass is 9.93. The normalized spacial score (nSPS) is 14.9. The molecule has 1 aliphatic heterocycles. The van der Waals surface area contributed by atoms with Crippen LogP contribution in [-0.4, -0.2) is 12.6 Å². The van der Waals surface area contributed by atoms with E-state index in [0.717, 1.165) is 6.42 Å². The van der Waals surface area contributed by atoms with Gasteiger partial charge in [0.2, 0.25) is 0 Å². The topological polar surface area (TPSA) is 3.24 Å². The zero-order valence-electron chi connectivity index (χ0n) is 12.9. The third-order valence-corrected chi connectivity index (χ3v) is 3.48. The molecule has 102 valence electrons. The maximum absolute atomic E-state index is 3.40. The van der Waals surface area contributed by atoms with Crippen molar-refractivity contribution in [3.63, 3.8) is 0 Å². The molecule has 1 aromatic carbocycles. The maximum atomic E-state index is 3.40. The van der Waals surface area contributed by atoms with Crippen molar-refractivity contribution in [3.05, 3.63) is 29.3 Å². The van der Waals surface area contributed by atoms with E-state index in [1.54, 1.807) is 0 Å². The monoisotopic (exact) mass is 255 g/mol. The van der Waals surface area contributed by atoms with E-state index in [1.165, 1.54) is 29.8 Å². The van der Waals surface area contributed by atoms with E-state index in [1.807, 2.05) is 0 Å². The first-order chi connectivity index (χ1) is 8.88. The number of nitrogens with zero attached hydrogens (tertiary/aromatic N) is 1. The molecule has 0 spiro atoms. The molecule has 0 aromatic heterocycles. The SMILES string of the molecule is CC(C)N1CCCc2c(C#CC(C)(C)C)cccc21. The molecule has 1 aliphatic rings. The van der Waals surface area contributed by atoms with Gasteiger partial charge in [0.1, 0.15) is 0 Å². The summed E-state index contributed by atoms with van der Waals surface area (Å²) in [6.45, 7) is 12.2. The van der Waals surface area contributed by atoms with Crippen molar-refractivity contribution in [1.29, 1.82) is 0 Å². The van der Waals surface area contributed by atoms with Crippen LogP contribution in [0.2, 0.25) is 0 Å². The average Bonchev–Trinajstić information content (AvgIpc) is 2.34. The fourth-order valence-electron chi connectivity index (χ4n) is 2.56. The van der Waals surface area contributed by atoms with Crippen molar-refractivity contribution in [1.82, 2.24) is 0 Å². The first-order valence-corrected chi connectivity index (χ1v) is 7.30. The Labute approximate surface area is 118 Å². The Morgan fingerprint density at radius 3 is 2.58 bits per heavy atom. The molecular formula is C18H25N. The number of anilines is 1. The quantitative estimate of drug-likeness (QED) is 0.678. The fraction of sp³-hybridized carbons (Fsp3) is 0.556. The van der Waals surface area contributed by atoms with Gasteiger partial charge in [0.05, 0.1) is 0 Å². The Morgan fingerprint density at radius 2 is 1.95 bits per heavy atom. The zero-order chi connectivity index (χ0) is 14.0. The Hall–Kier alpha value is -1.42. The van der Waals surface area contributed by atoms with Crippen molar-refractivity contribution in [2.45, 2.75) is 53.5 Å². The van der Waals surface area contributed by atoms with Gasteiger partial charge in [-0.25, -0.2) is 0 Å².